The summed E-state index contributed by atoms with van der Waals surface area (Å²) in [6, 6.07) is 11.7. The fraction of sp³-hybridized carbons (Fsp3) is 0.200. The van der Waals surface area contributed by atoms with Crippen molar-refractivity contribution in [1.82, 2.24) is 0 Å². The highest BCUT2D eigenvalue weighted by molar-refractivity contribution is 9.10. The molecule has 0 aliphatic carbocycles. The molecule has 7 heteroatoms. The second-order valence-corrected chi connectivity index (χ2v) is 7.94. The lowest BCUT2D eigenvalue weighted by atomic mass is 10.1. The molecule has 0 bridgehead atoms. The van der Waals surface area contributed by atoms with Gasteiger partial charge in [0, 0.05) is 10.0 Å². The van der Waals surface area contributed by atoms with E-state index in [4.69, 9.17) is 15.2 Å². The van der Waals surface area contributed by atoms with E-state index in [1.165, 1.54) is 0 Å². The summed E-state index contributed by atoms with van der Waals surface area (Å²) in [5.74, 6) is 1.22. The number of aliphatic imine (C=N–C) groups is 1. The first-order valence-corrected chi connectivity index (χ1v) is 9.94. The van der Waals surface area contributed by atoms with Gasteiger partial charge in [-0.1, -0.05) is 34.1 Å². The van der Waals surface area contributed by atoms with Gasteiger partial charge in [-0.15, -0.1) is 0 Å². The average Bonchev–Trinajstić information content (AvgIpc) is 2.92. The predicted octanol–water partition coefficient (Wildman–Crippen LogP) is 4.45. The number of carbonyl (C=O) groups is 1. The van der Waals surface area contributed by atoms with Gasteiger partial charge in [-0.2, -0.15) is 4.99 Å². The highest BCUT2D eigenvalue weighted by atomic mass is 79.9. The monoisotopic (exact) mass is 446 g/mol. The molecule has 0 fully saturated rings. The van der Waals surface area contributed by atoms with Gasteiger partial charge < -0.3 is 15.2 Å². The van der Waals surface area contributed by atoms with E-state index < -0.39 is 0 Å². The van der Waals surface area contributed by atoms with Crippen LogP contribution in [0.2, 0.25) is 0 Å². The Morgan fingerprint density at radius 1 is 1.15 bits per heavy atom. The minimum atomic E-state index is -0.332. The van der Waals surface area contributed by atoms with Gasteiger partial charge in [0.2, 0.25) is 0 Å². The number of benzene rings is 2. The smallest absolute Gasteiger partial charge is 0.286 e. The molecule has 0 spiro atoms. The first kappa shape index (κ1) is 19.5. The molecule has 0 aromatic heterocycles. The van der Waals surface area contributed by atoms with Crippen molar-refractivity contribution in [3.05, 3.63) is 62.5 Å². The molecule has 2 aromatic rings. The summed E-state index contributed by atoms with van der Waals surface area (Å²) in [5.41, 5.74) is 8.58. The van der Waals surface area contributed by atoms with Gasteiger partial charge in [-0.3, -0.25) is 4.79 Å². The lowest BCUT2D eigenvalue weighted by molar-refractivity contribution is -0.113. The summed E-state index contributed by atoms with van der Waals surface area (Å²) in [6.45, 7) is 4.84. The van der Waals surface area contributed by atoms with Crippen LogP contribution in [0.25, 0.3) is 6.08 Å². The Hall–Kier alpha value is -2.25. The van der Waals surface area contributed by atoms with Crippen LogP contribution in [0.1, 0.15) is 16.7 Å². The Kier molecular flexibility index (Phi) is 6.23. The topological polar surface area (TPSA) is 73.9 Å². The Bertz CT molecular complexity index is 921. The molecular formula is C20H19BrN2O3S. The highest BCUT2D eigenvalue weighted by Gasteiger charge is 2.20. The van der Waals surface area contributed by atoms with Crippen molar-refractivity contribution in [3.8, 4) is 11.5 Å². The van der Waals surface area contributed by atoms with E-state index in [9.17, 15) is 4.79 Å². The molecule has 1 aliphatic rings. The Balaban J connectivity index is 1.67. The number of hydrogen-bond acceptors (Lipinski definition) is 5. The van der Waals surface area contributed by atoms with Crippen molar-refractivity contribution >= 4 is 44.8 Å². The third-order valence-electron chi connectivity index (χ3n) is 3.89. The van der Waals surface area contributed by atoms with Crippen molar-refractivity contribution in [2.75, 3.05) is 13.2 Å². The van der Waals surface area contributed by atoms with Crippen molar-refractivity contribution < 1.29 is 14.3 Å². The first-order valence-electron chi connectivity index (χ1n) is 8.33. The van der Waals surface area contributed by atoms with Crippen LogP contribution in [0.4, 0.5) is 0 Å². The Morgan fingerprint density at radius 3 is 2.52 bits per heavy atom. The number of aryl methyl sites for hydroxylation is 2. The van der Waals surface area contributed by atoms with Gasteiger partial charge in [0.05, 0.1) is 4.91 Å². The standard InChI is InChI=1S/C20H19BrN2O3S/c1-12-4-3-5-13(2)18(12)26-9-8-25-16-7-6-15(21)10-14(16)11-17-19(24)23-20(22)27-17/h3-7,10-11H,8-9H2,1-2H3,(H2,22,23,24)/b17-11+. The van der Waals surface area contributed by atoms with Gasteiger partial charge in [0.1, 0.15) is 24.7 Å². The van der Waals surface area contributed by atoms with Gasteiger partial charge in [-0.25, -0.2) is 0 Å². The Labute approximate surface area is 170 Å². The molecule has 3 rings (SSSR count). The molecule has 0 unspecified atom stereocenters. The van der Waals surface area contributed by atoms with Gasteiger partial charge in [0.25, 0.3) is 5.91 Å². The molecule has 27 heavy (non-hydrogen) atoms. The highest BCUT2D eigenvalue weighted by Crippen LogP contribution is 2.31. The minimum Gasteiger partial charge on any atom is -0.489 e. The summed E-state index contributed by atoms with van der Waals surface area (Å²) in [5, 5.41) is 0.255. The number of ether oxygens (including phenoxy) is 2. The molecule has 1 heterocycles. The summed E-state index contributed by atoms with van der Waals surface area (Å²) in [7, 11) is 0. The number of nitrogens with zero attached hydrogens (tertiary/aromatic N) is 1. The molecule has 1 aliphatic heterocycles. The van der Waals surface area contributed by atoms with E-state index in [1.54, 1.807) is 6.08 Å². The predicted molar refractivity (Wildman–Crippen MR) is 113 cm³/mol. The number of amidine groups is 1. The molecule has 2 aromatic carbocycles. The molecule has 140 valence electrons. The number of thioether (sulfide) groups is 1. The van der Waals surface area contributed by atoms with Crippen LogP contribution in [0, 0.1) is 13.8 Å². The number of halogens is 1. The first-order chi connectivity index (χ1) is 12.9. The molecule has 0 saturated carbocycles. The quantitative estimate of drug-likeness (QED) is 0.523. The summed E-state index contributed by atoms with van der Waals surface area (Å²) >= 11 is 4.60. The van der Waals surface area contributed by atoms with Gasteiger partial charge >= 0.3 is 0 Å². The van der Waals surface area contributed by atoms with E-state index in [2.05, 4.69) is 20.9 Å². The van der Waals surface area contributed by atoms with Crippen LogP contribution in [-0.4, -0.2) is 24.3 Å². The fourth-order valence-electron chi connectivity index (χ4n) is 2.65. The molecule has 0 atom stereocenters. The van der Waals surface area contributed by atoms with E-state index >= 15 is 0 Å². The summed E-state index contributed by atoms with van der Waals surface area (Å²) in [6.07, 6.45) is 1.74. The lowest BCUT2D eigenvalue weighted by Gasteiger charge is -2.14. The lowest BCUT2D eigenvalue weighted by Crippen LogP contribution is -2.11. The zero-order valence-electron chi connectivity index (χ0n) is 15.0. The molecule has 0 radical (unpaired) electrons. The maximum atomic E-state index is 11.8. The van der Waals surface area contributed by atoms with Crippen LogP contribution in [0.5, 0.6) is 11.5 Å². The van der Waals surface area contributed by atoms with Crippen molar-refractivity contribution in [2.45, 2.75) is 13.8 Å². The summed E-state index contributed by atoms with van der Waals surface area (Å²) < 4.78 is 12.6. The van der Waals surface area contributed by atoms with Crippen molar-refractivity contribution in [2.24, 2.45) is 10.7 Å². The number of carbonyl (C=O) groups excluding carboxylic acids is 1. The second kappa shape index (κ2) is 8.63. The SMILES string of the molecule is Cc1cccc(C)c1OCCOc1ccc(Br)cc1/C=C1/SC(N)=NC1=O. The van der Waals surface area contributed by atoms with Crippen molar-refractivity contribution in [1.29, 1.82) is 0 Å². The van der Waals surface area contributed by atoms with Crippen LogP contribution in [-0.2, 0) is 4.79 Å². The zero-order chi connectivity index (χ0) is 19.4. The van der Waals surface area contributed by atoms with Gasteiger partial charge in [0.15, 0.2) is 5.17 Å². The van der Waals surface area contributed by atoms with Crippen LogP contribution in [0.15, 0.2) is 50.8 Å². The van der Waals surface area contributed by atoms with Crippen LogP contribution >= 0.6 is 27.7 Å². The van der Waals surface area contributed by atoms with E-state index in [0.29, 0.717) is 23.9 Å². The fourth-order valence-corrected chi connectivity index (χ4v) is 3.70. The molecule has 1 amide bonds. The maximum absolute atomic E-state index is 11.8. The third kappa shape index (κ3) is 4.93. The third-order valence-corrected chi connectivity index (χ3v) is 5.20. The number of rotatable bonds is 6. The largest absolute Gasteiger partial charge is 0.489 e. The summed E-state index contributed by atoms with van der Waals surface area (Å²) in [4.78, 5) is 16.0. The minimum absolute atomic E-state index is 0.255. The maximum Gasteiger partial charge on any atom is 0.286 e. The number of hydrogen-bond donors (Lipinski definition) is 1. The molecular weight excluding hydrogens is 428 g/mol. The van der Waals surface area contributed by atoms with E-state index in [-0.39, 0.29) is 11.1 Å². The number of amides is 1. The number of nitrogens with two attached hydrogens (primary N) is 1. The number of para-hydroxylation sites is 1. The molecule has 5 nitrogen and oxygen atoms in total. The van der Waals surface area contributed by atoms with E-state index in [1.807, 2.05) is 50.2 Å². The second-order valence-electron chi connectivity index (χ2n) is 5.97. The molecule has 0 saturated heterocycles. The van der Waals surface area contributed by atoms with Crippen LogP contribution < -0.4 is 15.2 Å². The zero-order valence-corrected chi connectivity index (χ0v) is 17.4. The van der Waals surface area contributed by atoms with Crippen LogP contribution in [0.3, 0.4) is 0 Å². The Morgan fingerprint density at radius 2 is 1.85 bits per heavy atom. The van der Waals surface area contributed by atoms with Crippen molar-refractivity contribution in [3.63, 3.8) is 0 Å². The molecule has 2 N–H and O–H groups in total. The van der Waals surface area contributed by atoms with E-state index in [0.717, 1.165) is 38.7 Å². The van der Waals surface area contributed by atoms with Gasteiger partial charge in [-0.05, 0) is 61.0 Å². The average molecular weight is 447 g/mol. The normalized spacial score (nSPS) is 15.1.